The van der Waals surface area contributed by atoms with Gasteiger partial charge >= 0.3 is 0 Å². The molecule has 0 saturated carbocycles. The molecule has 0 N–H and O–H groups in total. The van der Waals surface area contributed by atoms with Gasteiger partial charge in [0.2, 0.25) is 0 Å². The van der Waals surface area contributed by atoms with E-state index >= 15 is 0 Å². The van der Waals surface area contributed by atoms with Gasteiger partial charge in [0, 0.05) is 25.1 Å². The predicted molar refractivity (Wildman–Crippen MR) is 117 cm³/mol. The summed E-state index contributed by atoms with van der Waals surface area (Å²) in [5.41, 5.74) is 4.87. The Kier molecular flexibility index (Phi) is 6.23. The van der Waals surface area contributed by atoms with Crippen molar-refractivity contribution < 1.29 is 4.79 Å². The van der Waals surface area contributed by atoms with Crippen LogP contribution in [0.4, 0.5) is 5.82 Å². The Hall–Kier alpha value is -3.41. The SMILES string of the molecule is CCCCN=Nc1cc2c(nn1)CCN(C(=O)c1ccc(-c3ccccc3)cc1)C2. The van der Waals surface area contributed by atoms with Crippen LogP contribution < -0.4 is 0 Å². The van der Waals surface area contributed by atoms with Gasteiger partial charge in [-0.25, -0.2) is 0 Å². The van der Waals surface area contributed by atoms with Gasteiger partial charge in [-0.15, -0.1) is 10.2 Å². The molecule has 0 spiro atoms. The molecule has 30 heavy (non-hydrogen) atoms. The Morgan fingerprint density at radius 2 is 1.80 bits per heavy atom. The number of fused-ring (bicyclic) bond motifs is 1. The molecule has 6 nitrogen and oxygen atoms in total. The topological polar surface area (TPSA) is 70.8 Å². The highest BCUT2D eigenvalue weighted by Gasteiger charge is 2.23. The van der Waals surface area contributed by atoms with Crippen molar-refractivity contribution in [2.75, 3.05) is 13.1 Å². The smallest absolute Gasteiger partial charge is 0.254 e. The number of nitrogens with zero attached hydrogens (tertiary/aromatic N) is 5. The quantitative estimate of drug-likeness (QED) is 0.421. The second-order valence-corrected chi connectivity index (χ2v) is 7.41. The molecule has 0 fully saturated rings. The van der Waals surface area contributed by atoms with Gasteiger partial charge in [0.15, 0.2) is 5.82 Å². The first kappa shape index (κ1) is 19.9. The van der Waals surface area contributed by atoms with E-state index in [0.29, 0.717) is 37.4 Å². The predicted octanol–water partition coefficient (Wildman–Crippen LogP) is 5.23. The van der Waals surface area contributed by atoms with Crippen LogP contribution in [0, 0.1) is 0 Å². The average molecular weight is 399 g/mol. The molecular formula is C24H25N5O. The van der Waals surface area contributed by atoms with E-state index in [4.69, 9.17) is 0 Å². The molecule has 1 amide bonds. The normalized spacial score (nSPS) is 13.4. The molecule has 152 valence electrons. The lowest BCUT2D eigenvalue weighted by Crippen LogP contribution is -2.36. The van der Waals surface area contributed by atoms with Gasteiger partial charge < -0.3 is 4.90 Å². The van der Waals surface area contributed by atoms with E-state index in [9.17, 15) is 4.79 Å². The average Bonchev–Trinajstić information content (AvgIpc) is 2.81. The third-order valence-corrected chi connectivity index (χ3v) is 5.24. The van der Waals surface area contributed by atoms with E-state index in [0.717, 1.165) is 35.2 Å². The van der Waals surface area contributed by atoms with Gasteiger partial charge in [-0.2, -0.15) is 10.2 Å². The second kappa shape index (κ2) is 9.39. The molecule has 0 atom stereocenters. The minimum Gasteiger partial charge on any atom is -0.334 e. The minimum atomic E-state index is 0.0307. The molecule has 0 radical (unpaired) electrons. The standard InChI is InChI=1S/C24H25N5O/c1-2-3-14-25-27-23-16-21-17-29(15-13-22(21)26-28-23)24(30)20-11-9-19(10-12-20)18-7-5-4-6-8-18/h4-12,16H,2-3,13-15,17H2,1H3. The number of aromatic nitrogens is 2. The number of hydrogen-bond donors (Lipinski definition) is 0. The van der Waals surface area contributed by atoms with Gasteiger partial charge in [-0.3, -0.25) is 4.79 Å². The fraction of sp³-hybridized carbons (Fsp3) is 0.292. The number of amides is 1. The Morgan fingerprint density at radius 1 is 1.03 bits per heavy atom. The molecule has 2 aromatic carbocycles. The Balaban J connectivity index is 1.46. The zero-order valence-corrected chi connectivity index (χ0v) is 17.2. The third kappa shape index (κ3) is 4.59. The molecule has 0 bridgehead atoms. The maximum Gasteiger partial charge on any atom is 0.254 e. The van der Waals surface area contributed by atoms with Crippen LogP contribution >= 0.6 is 0 Å². The first-order chi connectivity index (χ1) is 14.7. The van der Waals surface area contributed by atoms with Crippen LogP contribution in [-0.4, -0.2) is 34.1 Å². The molecule has 4 rings (SSSR count). The fourth-order valence-electron chi connectivity index (χ4n) is 3.51. The van der Waals surface area contributed by atoms with E-state index in [-0.39, 0.29) is 5.91 Å². The minimum absolute atomic E-state index is 0.0307. The van der Waals surface area contributed by atoms with E-state index in [1.54, 1.807) is 0 Å². The molecule has 3 aromatic rings. The zero-order chi connectivity index (χ0) is 20.8. The number of unbranched alkanes of at least 4 members (excludes halogenated alkanes) is 1. The van der Waals surface area contributed by atoms with Gasteiger partial charge in [-0.1, -0.05) is 55.8 Å². The van der Waals surface area contributed by atoms with Crippen LogP contribution in [0.5, 0.6) is 0 Å². The highest BCUT2D eigenvalue weighted by Crippen LogP contribution is 2.23. The largest absolute Gasteiger partial charge is 0.334 e. The Bertz CT molecular complexity index is 1030. The summed E-state index contributed by atoms with van der Waals surface area (Å²) in [5, 5.41) is 16.8. The van der Waals surface area contributed by atoms with E-state index < -0.39 is 0 Å². The number of hydrogen-bond acceptors (Lipinski definition) is 5. The molecule has 0 unspecified atom stereocenters. The number of rotatable bonds is 6. The first-order valence-corrected chi connectivity index (χ1v) is 10.4. The van der Waals surface area contributed by atoms with Crippen molar-refractivity contribution in [1.82, 2.24) is 15.1 Å². The van der Waals surface area contributed by atoms with Gasteiger partial charge in [0.05, 0.1) is 12.2 Å². The molecule has 1 aliphatic rings. The number of azo groups is 1. The van der Waals surface area contributed by atoms with E-state index in [1.165, 1.54) is 0 Å². The number of carbonyl (C=O) groups excluding carboxylic acids is 1. The van der Waals surface area contributed by atoms with Crippen molar-refractivity contribution >= 4 is 11.7 Å². The maximum absolute atomic E-state index is 13.0. The van der Waals surface area contributed by atoms with Gasteiger partial charge in [0.1, 0.15) is 0 Å². The van der Waals surface area contributed by atoms with Crippen molar-refractivity contribution in [2.24, 2.45) is 10.2 Å². The Morgan fingerprint density at radius 3 is 2.57 bits per heavy atom. The molecule has 2 heterocycles. The maximum atomic E-state index is 13.0. The lowest BCUT2D eigenvalue weighted by molar-refractivity contribution is 0.0733. The molecular weight excluding hydrogens is 374 g/mol. The second-order valence-electron chi connectivity index (χ2n) is 7.41. The van der Waals surface area contributed by atoms with Crippen molar-refractivity contribution in [2.45, 2.75) is 32.7 Å². The lowest BCUT2D eigenvalue weighted by atomic mass is 10.0. The van der Waals surface area contributed by atoms with E-state index in [2.05, 4.69) is 39.5 Å². The third-order valence-electron chi connectivity index (χ3n) is 5.24. The molecule has 1 aliphatic heterocycles. The van der Waals surface area contributed by atoms with Crippen LogP contribution in [0.3, 0.4) is 0 Å². The van der Waals surface area contributed by atoms with E-state index in [1.807, 2.05) is 53.4 Å². The highest BCUT2D eigenvalue weighted by atomic mass is 16.2. The van der Waals surface area contributed by atoms with Gasteiger partial charge in [-0.05, 0) is 41.3 Å². The van der Waals surface area contributed by atoms with Gasteiger partial charge in [0.25, 0.3) is 5.91 Å². The van der Waals surface area contributed by atoms with Crippen LogP contribution in [0.1, 0.15) is 41.4 Å². The molecule has 6 heteroatoms. The monoisotopic (exact) mass is 399 g/mol. The van der Waals surface area contributed by atoms with Crippen molar-refractivity contribution in [3.63, 3.8) is 0 Å². The van der Waals surface area contributed by atoms with Crippen molar-refractivity contribution in [1.29, 1.82) is 0 Å². The van der Waals surface area contributed by atoms with Crippen molar-refractivity contribution in [3.8, 4) is 11.1 Å². The van der Waals surface area contributed by atoms with Crippen LogP contribution in [0.2, 0.25) is 0 Å². The van der Waals surface area contributed by atoms with Crippen molar-refractivity contribution in [3.05, 3.63) is 77.5 Å². The summed E-state index contributed by atoms with van der Waals surface area (Å²) >= 11 is 0. The zero-order valence-electron chi connectivity index (χ0n) is 17.2. The number of carbonyl (C=O) groups is 1. The first-order valence-electron chi connectivity index (χ1n) is 10.4. The summed E-state index contributed by atoms with van der Waals surface area (Å²) in [6, 6.07) is 19.9. The summed E-state index contributed by atoms with van der Waals surface area (Å²) in [6.07, 6.45) is 2.79. The van der Waals surface area contributed by atoms with Crippen LogP contribution in [0.15, 0.2) is 70.9 Å². The Labute approximate surface area is 176 Å². The fourth-order valence-corrected chi connectivity index (χ4v) is 3.51. The number of benzene rings is 2. The summed E-state index contributed by atoms with van der Waals surface area (Å²) in [6.45, 7) is 3.97. The summed E-state index contributed by atoms with van der Waals surface area (Å²) in [4.78, 5) is 14.9. The lowest BCUT2D eigenvalue weighted by Gasteiger charge is -2.28. The van der Waals surface area contributed by atoms with Crippen LogP contribution in [0.25, 0.3) is 11.1 Å². The summed E-state index contributed by atoms with van der Waals surface area (Å²) in [7, 11) is 0. The molecule has 0 aliphatic carbocycles. The highest BCUT2D eigenvalue weighted by molar-refractivity contribution is 5.94. The molecule has 0 saturated heterocycles. The summed E-state index contributed by atoms with van der Waals surface area (Å²) < 4.78 is 0. The van der Waals surface area contributed by atoms with Crippen LogP contribution in [-0.2, 0) is 13.0 Å². The summed E-state index contributed by atoms with van der Waals surface area (Å²) in [5.74, 6) is 0.537. The molecule has 1 aromatic heterocycles.